The average Bonchev–Trinajstić information content (AvgIpc) is 2.75. The summed E-state index contributed by atoms with van der Waals surface area (Å²) in [5, 5.41) is -0.126. The van der Waals surface area contributed by atoms with Gasteiger partial charge in [0.25, 0.3) is 10.0 Å². The molecule has 5 nitrogen and oxygen atoms in total. The molecule has 2 N–H and O–H groups in total. The first-order valence-corrected chi connectivity index (χ1v) is 11.5. The summed E-state index contributed by atoms with van der Waals surface area (Å²) in [6.45, 7) is 1.64. The van der Waals surface area contributed by atoms with Crippen LogP contribution < -0.4 is 10.3 Å². The molecule has 1 aromatic heterocycles. The number of hydrogen-bond donors (Lipinski definition) is 2. The lowest BCUT2D eigenvalue weighted by atomic mass is 10.0. The third-order valence-electron chi connectivity index (χ3n) is 5.30. The Kier molecular flexibility index (Phi) is 5.94. The fourth-order valence-corrected chi connectivity index (χ4v) is 4.70. The van der Waals surface area contributed by atoms with Crippen molar-refractivity contribution in [3.8, 4) is 0 Å². The predicted octanol–water partition coefficient (Wildman–Crippen LogP) is 5.39. The maximum atomic E-state index is 13.5. The Morgan fingerprint density at radius 3 is 2.26 bits per heavy atom. The lowest BCUT2D eigenvalue weighted by Gasteiger charge is -2.12. The van der Waals surface area contributed by atoms with Crippen LogP contribution in [-0.2, 0) is 22.6 Å². The van der Waals surface area contributed by atoms with Crippen molar-refractivity contribution in [2.24, 2.45) is 0 Å². The molecule has 0 unspecified atom stereocenters. The summed E-state index contributed by atoms with van der Waals surface area (Å²) in [5.74, 6) is -0.577. The second-order valence-corrected chi connectivity index (χ2v) is 9.49. The fraction of sp³-hybridized carbons (Fsp3) is 0.125. The van der Waals surface area contributed by atoms with Crippen molar-refractivity contribution in [3.63, 3.8) is 0 Å². The molecule has 0 bridgehead atoms. The van der Waals surface area contributed by atoms with E-state index in [9.17, 15) is 30.8 Å². The number of fused-ring (bicyclic) bond motifs is 1. The summed E-state index contributed by atoms with van der Waals surface area (Å²) < 4.78 is 81.3. The van der Waals surface area contributed by atoms with E-state index in [0.717, 1.165) is 6.07 Å². The van der Waals surface area contributed by atoms with Gasteiger partial charge in [-0.25, -0.2) is 12.8 Å². The number of pyridine rings is 1. The molecule has 1 heterocycles. The predicted molar refractivity (Wildman–Crippen MR) is 121 cm³/mol. The Hall–Kier alpha value is -3.66. The van der Waals surface area contributed by atoms with Crippen molar-refractivity contribution in [3.05, 3.63) is 105 Å². The van der Waals surface area contributed by atoms with E-state index in [1.807, 2.05) is 0 Å². The molecule has 0 radical (unpaired) electrons. The molecule has 0 saturated carbocycles. The normalized spacial score (nSPS) is 12.1. The lowest BCUT2D eigenvalue weighted by molar-refractivity contribution is -0.136. The molecule has 0 amide bonds. The highest BCUT2D eigenvalue weighted by Gasteiger charge is 2.33. The molecular weight excluding hydrogens is 472 g/mol. The number of rotatable bonds is 5. The topological polar surface area (TPSA) is 79.0 Å². The van der Waals surface area contributed by atoms with E-state index in [4.69, 9.17) is 0 Å². The Bertz CT molecular complexity index is 1540. The van der Waals surface area contributed by atoms with Gasteiger partial charge in [0, 0.05) is 17.0 Å². The second kappa shape index (κ2) is 8.60. The number of alkyl halides is 3. The third-order valence-corrected chi connectivity index (χ3v) is 6.68. The van der Waals surface area contributed by atoms with Crippen LogP contribution in [0.4, 0.5) is 23.2 Å². The van der Waals surface area contributed by atoms with Crippen LogP contribution in [-0.4, -0.2) is 13.4 Å². The average molecular weight is 490 g/mol. The van der Waals surface area contributed by atoms with Crippen LogP contribution in [0.25, 0.3) is 10.9 Å². The van der Waals surface area contributed by atoms with E-state index in [1.165, 1.54) is 36.4 Å². The first-order valence-electron chi connectivity index (χ1n) is 10.0. The molecule has 4 rings (SSSR count). The highest BCUT2D eigenvalue weighted by Crippen LogP contribution is 2.34. The maximum absolute atomic E-state index is 13.5. The minimum atomic E-state index is -4.69. The van der Waals surface area contributed by atoms with Crippen molar-refractivity contribution in [2.45, 2.75) is 24.4 Å². The number of hydrogen-bond acceptors (Lipinski definition) is 3. The third kappa shape index (κ3) is 4.96. The molecule has 176 valence electrons. The van der Waals surface area contributed by atoms with Gasteiger partial charge in [0.1, 0.15) is 5.82 Å². The van der Waals surface area contributed by atoms with E-state index in [2.05, 4.69) is 9.71 Å². The van der Waals surface area contributed by atoms with Gasteiger partial charge in [-0.05, 0) is 66.4 Å². The standard InChI is InChI=1S/C24H18F4N2O3S/c1-14-2-6-17(25)12-22(14)30-34(32,33)18-7-3-15(4-8-18)10-16-5-9-21-19(11-16)20(24(26,27)28)13-23(31)29-21/h2-9,11-13,30H,10H2,1H3,(H,29,31). The van der Waals surface area contributed by atoms with Crippen molar-refractivity contribution < 1.29 is 26.0 Å². The zero-order chi connectivity index (χ0) is 24.7. The number of aromatic nitrogens is 1. The minimum Gasteiger partial charge on any atom is -0.322 e. The van der Waals surface area contributed by atoms with Crippen LogP contribution in [0.1, 0.15) is 22.3 Å². The number of H-pyrrole nitrogens is 1. The van der Waals surface area contributed by atoms with Gasteiger partial charge in [-0.3, -0.25) is 9.52 Å². The van der Waals surface area contributed by atoms with Crippen molar-refractivity contribution in [1.29, 1.82) is 0 Å². The summed E-state index contributed by atoms with van der Waals surface area (Å²) in [6.07, 6.45) is -4.45. The molecule has 0 saturated heterocycles. The number of aromatic amines is 1. The number of anilines is 1. The second-order valence-electron chi connectivity index (χ2n) is 7.81. The van der Waals surface area contributed by atoms with Gasteiger partial charge in [0.2, 0.25) is 5.56 Å². The Morgan fingerprint density at radius 1 is 0.912 bits per heavy atom. The fourth-order valence-electron chi connectivity index (χ4n) is 3.58. The Balaban J connectivity index is 1.60. The highest BCUT2D eigenvalue weighted by molar-refractivity contribution is 7.92. The number of sulfonamides is 1. The van der Waals surface area contributed by atoms with Crippen LogP contribution in [0, 0.1) is 12.7 Å². The van der Waals surface area contributed by atoms with E-state index in [0.29, 0.717) is 22.8 Å². The van der Waals surface area contributed by atoms with Crippen LogP contribution in [0.5, 0.6) is 0 Å². The zero-order valence-corrected chi connectivity index (χ0v) is 18.5. The van der Waals surface area contributed by atoms with Crippen molar-refractivity contribution in [1.82, 2.24) is 4.98 Å². The van der Waals surface area contributed by atoms with Crippen LogP contribution in [0.2, 0.25) is 0 Å². The highest BCUT2D eigenvalue weighted by atomic mass is 32.2. The minimum absolute atomic E-state index is 0.0460. The molecule has 0 atom stereocenters. The van der Waals surface area contributed by atoms with Gasteiger partial charge in [-0.2, -0.15) is 13.2 Å². The van der Waals surface area contributed by atoms with Crippen LogP contribution in [0.15, 0.2) is 76.4 Å². The molecule has 34 heavy (non-hydrogen) atoms. The van der Waals surface area contributed by atoms with Crippen LogP contribution in [0.3, 0.4) is 0 Å². The van der Waals surface area contributed by atoms with Crippen molar-refractivity contribution >= 4 is 26.6 Å². The van der Waals surface area contributed by atoms with Gasteiger partial charge in [-0.15, -0.1) is 0 Å². The number of halogens is 4. The van der Waals surface area contributed by atoms with Gasteiger partial charge >= 0.3 is 6.18 Å². The summed E-state index contributed by atoms with van der Waals surface area (Å²) in [4.78, 5) is 13.9. The SMILES string of the molecule is Cc1ccc(F)cc1NS(=O)(=O)c1ccc(Cc2ccc3[nH]c(=O)cc(C(F)(F)F)c3c2)cc1. The van der Waals surface area contributed by atoms with Gasteiger partial charge in [0.05, 0.1) is 16.1 Å². The molecule has 0 spiro atoms. The molecule has 0 aliphatic heterocycles. The van der Waals surface area contributed by atoms with Gasteiger partial charge in [-0.1, -0.05) is 24.3 Å². The molecule has 0 fully saturated rings. The number of nitrogens with one attached hydrogen (secondary N) is 2. The zero-order valence-electron chi connectivity index (χ0n) is 17.7. The lowest BCUT2D eigenvalue weighted by Crippen LogP contribution is -2.14. The van der Waals surface area contributed by atoms with E-state index in [-0.39, 0.29) is 27.9 Å². The summed E-state index contributed by atoms with van der Waals surface area (Å²) in [6, 6.07) is 14.5. The van der Waals surface area contributed by atoms with Gasteiger partial charge < -0.3 is 4.98 Å². The molecule has 0 aliphatic rings. The van der Waals surface area contributed by atoms with Crippen LogP contribution >= 0.6 is 0 Å². The quantitative estimate of drug-likeness (QED) is 0.369. The molecule has 0 aliphatic carbocycles. The number of benzene rings is 3. The Labute approximate surface area is 192 Å². The molecule has 3 aromatic carbocycles. The first kappa shape index (κ1) is 23.5. The Morgan fingerprint density at radius 2 is 1.59 bits per heavy atom. The van der Waals surface area contributed by atoms with E-state index >= 15 is 0 Å². The smallest absolute Gasteiger partial charge is 0.322 e. The van der Waals surface area contributed by atoms with Crippen molar-refractivity contribution in [2.75, 3.05) is 4.72 Å². The monoisotopic (exact) mass is 490 g/mol. The molecule has 4 aromatic rings. The molecular formula is C24H18F4N2O3S. The summed E-state index contributed by atoms with van der Waals surface area (Å²) in [5.41, 5.74) is 0.104. The summed E-state index contributed by atoms with van der Waals surface area (Å²) in [7, 11) is -3.97. The maximum Gasteiger partial charge on any atom is 0.417 e. The number of aryl methyl sites for hydroxylation is 1. The first-order chi connectivity index (χ1) is 15.9. The van der Waals surface area contributed by atoms with E-state index < -0.39 is 33.1 Å². The summed E-state index contributed by atoms with van der Waals surface area (Å²) >= 11 is 0. The van der Waals surface area contributed by atoms with Gasteiger partial charge in [0.15, 0.2) is 0 Å². The van der Waals surface area contributed by atoms with E-state index in [1.54, 1.807) is 25.1 Å². The largest absolute Gasteiger partial charge is 0.417 e. The molecule has 10 heteroatoms.